The lowest BCUT2D eigenvalue weighted by molar-refractivity contribution is 0.218. The smallest absolute Gasteiger partial charge is 0.142 e. The number of ether oxygens (including phenoxy) is 2. The van der Waals surface area contributed by atoms with E-state index in [1.807, 2.05) is 54.6 Å². The Morgan fingerprint density at radius 3 is 2.24 bits per heavy atom. The van der Waals surface area contributed by atoms with Crippen LogP contribution in [0.1, 0.15) is 11.1 Å². The highest BCUT2D eigenvalue weighted by molar-refractivity contribution is 5.56. The number of nitrogens with one attached hydrogen (secondary N) is 1. The van der Waals surface area contributed by atoms with E-state index in [1.54, 1.807) is 0 Å². The molecule has 0 aromatic heterocycles. The maximum absolute atomic E-state index is 5.89. The number of anilines is 1. The molecule has 3 aromatic rings. The van der Waals surface area contributed by atoms with Crippen LogP contribution in [0.25, 0.3) is 0 Å². The second-order valence-electron chi connectivity index (χ2n) is 5.79. The molecule has 1 N–H and O–H groups in total. The third-order valence-corrected chi connectivity index (χ3v) is 3.97. The number of benzene rings is 3. The normalized spacial score (nSPS) is 10.3. The van der Waals surface area contributed by atoms with E-state index in [1.165, 1.54) is 11.1 Å². The van der Waals surface area contributed by atoms with Gasteiger partial charge in [0.2, 0.25) is 0 Å². The zero-order valence-corrected chi connectivity index (χ0v) is 14.4. The van der Waals surface area contributed by atoms with Crippen molar-refractivity contribution in [3.63, 3.8) is 0 Å². The van der Waals surface area contributed by atoms with Gasteiger partial charge in [-0.15, -0.1) is 0 Å². The van der Waals surface area contributed by atoms with Gasteiger partial charge < -0.3 is 14.8 Å². The van der Waals surface area contributed by atoms with Crippen molar-refractivity contribution in [2.45, 2.75) is 13.5 Å². The van der Waals surface area contributed by atoms with Gasteiger partial charge >= 0.3 is 0 Å². The van der Waals surface area contributed by atoms with Crippen molar-refractivity contribution in [1.29, 1.82) is 0 Å². The number of para-hydroxylation sites is 3. The van der Waals surface area contributed by atoms with E-state index in [2.05, 4.69) is 36.5 Å². The molecule has 128 valence electrons. The van der Waals surface area contributed by atoms with Gasteiger partial charge in [0.15, 0.2) is 0 Å². The summed E-state index contributed by atoms with van der Waals surface area (Å²) in [5.41, 5.74) is 3.56. The Labute approximate surface area is 149 Å². The van der Waals surface area contributed by atoms with Gasteiger partial charge in [0.1, 0.15) is 24.7 Å². The summed E-state index contributed by atoms with van der Waals surface area (Å²) in [4.78, 5) is 0. The lowest BCUT2D eigenvalue weighted by Gasteiger charge is -2.14. The quantitative estimate of drug-likeness (QED) is 0.584. The SMILES string of the molecule is Cc1ccccc1CNc1ccccc1OCCOc1ccccc1. The summed E-state index contributed by atoms with van der Waals surface area (Å²) >= 11 is 0. The van der Waals surface area contributed by atoms with Crippen LogP contribution in [0.2, 0.25) is 0 Å². The zero-order valence-electron chi connectivity index (χ0n) is 14.4. The third kappa shape index (κ3) is 5.01. The summed E-state index contributed by atoms with van der Waals surface area (Å²) in [5.74, 6) is 1.70. The largest absolute Gasteiger partial charge is 0.490 e. The van der Waals surface area contributed by atoms with Gasteiger partial charge in [-0.2, -0.15) is 0 Å². The predicted octanol–water partition coefficient (Wildman–Crippen LogP) is 5.06. The van der Waals surface area contributed by atoms with E-state index in [0.717, 1.165) is 23.7 Å². The molecule has 3 aromatic carbocycles. The van der Waals surface area contributed by atoms with Gasteiger partial charge in [-0.25, -0.2) is 0 Å². The summed E-state index contributed by atoms with van der Waals surface area (Å²) in [6.45, 7) is 3.90. The van der Waals surface area contributed by atoms with Crippen LogP contribution in [-0.4, -0.2) is 13.2 Å². The number of hydrogen-bond donors (Lipinski definition) is 1. The molecule has 0 radical (unpaired) electrons. The molecule has 0 amide bonds. The molecule has 0 aliphatic heterocycles. The summed E-state index contributed by atoms with van der Waals surface area (Å²) < 4.78 is 11.6. The molecule has 0 bridgehead atoms. The minimum absolute atomic E-state index is 0.498. The van der Waals surface area contributed by atoms with Gasteiger partial charge in [0.25, 0.3) is 0 Å². The molecule has 0 heterocycles. The lowest BCUT2D eigenvalue weighted by atomic mass is 10.1. The van der Waals surface area contributed by atoms with Gasteiger partial charge in [0, 0.05) is 6.54 Å². The first-order chi connectivity index (χ1) is 12.3. The van der Waals surface area contributed by atoms with Crippen LogP contribution in [-0.2, 0) is 6.54 Å². The van der Waals surface area contributed by atoms with E-state index >= 15 is 0 Å². The second-order valence-corrected chi connectivity index (χ2v) is 5.79. The fraction of sp³-hybridized carbons (Fsp3) is 0.182. The fourth-order valence-corrected chi connectivity index (χ4v) is 2.57. The van der Waals surface area contributed by atoms with Gasteiger partial charge in [0.05, 0.1) is 5.69 Å². The molecule has 0 fully saturated rings. The lowest BCUT2D eigenvalue weighted by Crippen LogP contribution is -2.10. The van der Waals surface area contributed by atoms with Crippen LogP contribution in [0.5, 0.6) is 11.5 Å². The monoisotopic (exact) mass is 333 g/mol. The summed E-state index contributed by atoms with van der Waals surface area (Å²) in [5, 5.41) is 3.46. The molecular formula is C22H23NO2. The molecule has 0 aliphatic rings. The molecule has 25 heavy (non-hydrogen) atoms. The second kappa shape index (κ2) is 8.78. The standard InChI is InChI=1S/C22H23NO2/c1-18-9-5-6-10-19(18)17-23-21-13-7-8-14-22(21)25-16-15-24-20-11-3-2-4-12-20/h2-14,23H,15-17H2,1H3. The Morgan fingerprint density at radius 1 is 0.720 bits per heavy atom. The van der Waals surface area contributed by atoms with Crippen molar-refractivity contribution in [2.75, 3.05) is 18.5 Å². The van der Waals surface area contributed by atoms with Crippen LogP contribution < -0.4 is 14.8 Å². The minimum atomic E-state index is 0.498. The molecular weight excluding hydrogens is 310 g/mol. The highest BCUT2D eigenvalue weighted by Gasteiger charge is 2.04. The molecule has 3 rings (SSSR count). The number of rotatable bonds is 8. The average molecular weight is 333 g/mol. The molecule has 0 saturated carbocycles. The van der Waals surface area contributed by atoms with Gasteiger partial charge in [-0.3, -0.25) is 0 Å². The van der Waals surface area contributed by atoms with Crippen LogP contribution in [0, 0.1) is 6.92 Å². The van der Waals surface area contributed by atoms with E-state index in [0.29, 0.717) is 13.2 Å². The van der Waals surface area contributed by atoms with Gasteiger partial charge in [-0.1, -0.05) is 54.6 Å². The van der Waals surface area contributed by atoms with Crippen molar-refractivity contribution in [1.82, 2.24) is 0 Å². The van der Waals surface area contributed by atoms with Crippen LogP contribution >= 0.6 is 0 Å². The van der Waals surface area contributed by atoms with E-state index < -0.39 is 0 Å². The van der Waals surface area contributed by atoms with Crippen molar-refractivity contribution < 1.29 is 9.47 Å². The third-order valence-electron chi connectivity index (χ3n) is 3.97. The highest BCUT2D eigenvalue weighted by Crippen LogP contribution is 2.24. The Balaban J connectivity index is 1.53. The summed E-state index contributed by atoms with van der Waals surface area (Å²) in [6.07, 6.45) is 0. The maximum Gasteiger partial charge on any atom is 0.142 e. The molecule has 0 unspecified atom stereocenters. The van der Waals surface area contributed by atoms with Crippen LogP contribution in [0.4, 0.5) is 5.69 Å². The van der Waals surface area contributed by atoms with E-state index in [4.69, 9.17) is 9.47 Å². The summed E-state index contributed by atoms with van der Waals surface area (Å²) in [6, 6.07) is 26.2. The van der Waals surface area contributed by atoms with Gasteiger partial charge in [-0.05, 0) is 42.3 Å². The van der Waals surface area contributed by atoms with Crippen LogP contribution in [0.3, 0.4) is 0 Å². The first kappa shape index (κ1) is 16.9. The minimum Gasteiger partial charge on any atom is -0.490 e. The zero-order chi connectivity index (χ0) is 17.3. The van der Waals surface area contributed by atoms with E-state index in [9.17, 15) is 0 Å². The number of hydrogen-bond acceptors (Lipinski definition) is 3. The first-order valence-corrected chi connectivity index (χ1v) is 8.51. The Hall–Kier alpha value is -2.94. The predicted molar refractivity (Wildman–Crippen MR) is 102 cm³/mol. The molecule has 3 nitrogen and oxygen atoms in total. The van der Waals surface area contributed by atoms with Crippen molar-refractivity contribution in [3.05, 3.63) is 90.0 Å². The van der Waals surface area contributed by atoms with Crippen LogP contribution in [0.15, 0.2) is 78.9 Å². The fourth-order valence-electron chi connectivity index (χ4n) is 2.57. The number of aryl methyl sites for hydroxylation is 1. The molecule has 3 heteroatoms. The van der Waals surface area contributed by atoms with Crippen molar-refractivity contribution in [3.8, 4) is 11.5 Å². The topological polar surface area (TPSA) is 30.5 Å². The molecule has 0 aliphatic carbocycles. The van der Waals surface area contributed by atoms with Crippen molar-refractivity contribution >= 4 is 5.69 Å². The highest BCUT2D eigenvalue weighted by atomic mass is 16.5. The Bertz CT molecular complexity index is 787. The molecule has 0 saturated heterocycles. The van der Waals surface area contributed by atoms with E-state index in [-0.39, 0.29) is 0 Å². The average Bonchev–Trinajstić information content (AvgIpc) is 2.66. The Morgan fingerprint density at radius 2 is 1.40 bits per heavy atom. The summed E-state index contributed by atoms with van der Waals surface area (Å²) in [7, 11) is 0. The maximum atomic E-state index is 5.89. The molecule has 0 spiro atoms. The first-order valence-electron chi connectivity index (χ1n) is 8.51. The molecule has 0 atom stereocenters. The van der Waals surface area contributed by atoms with Crippen molar-refractivity contribution in [2.24, 2.45) is 0 Å². The Kier molecular flexibility index (Phi) is 5.94.